The zero-order valence-corrected chi connectivity index (χ0v) is 8.85. The summed E-state index contributed by atoms with van der Waals surface area (Å²) in [4.78, 5) is 11.1. The Hall–Kier alpha value is -1.00. The largest absolute Gasteiger partial charge is 0.340 e. The van der Waals surface area contributed by atoms with Gasteiger partial charge in [-0.2, -0.15) is 0 Å². The van der Waals surface area contributed by atoms with Crippen LogP contribution in [0.2, 0.25) is 5.15 Å². The molecule has 0 radical (unpaired) electrons. The van der Waals surface area contributed by atoms with Gasteiger partial charge in [-0.1, -0.05) is 29.4 Å². The van der Waals surface area contributed by atoms with E-state index in [0.717, 1.165) is 16.5 Å². The summed E-state index contributed by atoms with van der Waals surface area (Å²) in [6.45, 7) is 0. The topological polar surface area (TPSA) is 41.6 Å². The van der Waals surface area contributed by atoms with Crippen LogP contribution in [0, 0.1) is 0 Å². The summed E-state index contributed by atoms with van der Waals surface area (Å²) >= 11 is 7.31. The Morgan fingerprint density at radius 2 is 2.29 bits per heavy atom. The molecule has 0 aliphatic rings. The van der Waals surface area contributed by atoms with Crippen molar-refractivity contribution in [1.82, 2.24) is 15.0 Å². The van der Waals surface area contributed by atoms with Crippen LogP contribution in [0.5, 0.6) is 0 Å². The van der Waals surface area contributed by atoms with E-state index in [1.165, 1.54) is 0 Å². The van der Waals surface area contributed by atoms with Crippen molar-refractivity contribution in [1.29, 1.82) is 0 Å². The van der Waals surface area contributed by atoms with Crippen molar-refractivity contribution < 1.29 is 0 Å². The predicted molar refractivity (Wildman–Crippen MR) is 57.4 cm³/mol. The highest BCUT2D eigenvalue weighted by Crippen LogP contribution is 2.18. The first-order valence-corrected chi connectivity index (χ1v) is 5.43. The van der Waals surface area contributed by atoms with Crippen molar-refractivity contribution in [2.75, 3.05) is 0 Å². The Kier molecular flexibility index (Phi) is 3.06. The minimum absolute atomic E-state index is 0.525. The highest BCUT2D eigenvalue weighted by Gasteiger charge is 1.98. The number of imidazole rings is 1. The van der Waals surface area contributed by atoms with E-state index in [2.05, 4.69) is 15.0 Å². The highest BCUT2D eigenvalue weighted by molar-refractivity contribution is 7.98. The van der Waals surface area contributed by atoms with Gasteiger partial charge in [0.1, 0.15) is 5.15 Å². The monoisotopic (exact) mass is 225 g/mol. The number of pyridine rings is 1. The quantitative estimate of drug-likeness (QED) is 0.645. The van der Waals surface area contributed by atoms with Gasteiger partial charge >= 0.3 is 0 Å². The van der Waals surface area contributed by atoms with Crippen LogP contribution < -0.4 is 0 Å². The Morgan fingerprint density at radius 1 is 1.36 bits per heavy atom. The molecule has 0 aliphatic heterocycles. The molecule has 0 aromatic carbocycles. The number of thioether (sulfide) groups is 1. The van der Waals surface area contributed by atoms with E-state index in [4.69, 9.17) is 11.6 Å². The molecule has 72 valence electrons. The van der Waals surface area contributed by atoms with E-state index in [9.17, 15) is 0 Å². The van der Waals surface area contributed by atoms with Gasteiger partial charge in [0.15, 0.2) is 5.16 Å². The number of aromatic amines is 1. The molecule has 0 saturated heterocycles. The summed E-state index contributed by atoms with van der Waals surface area (Å²) in [7, 11) is 0. The van der Waals surface area contributed by atoms with Crippen molar-refractivity contribution >= 4 is 23.4 Å². The maximum atomic E-state index is 5.67. The molecule has 1 N–H and O–H groups in total. The predicted octanol–water partition coefficient (Wildman–Crippen LogP) is 2.75. The molecule has 2 heterocycles. The van der Waals surface area contributed by atoms with E-state index >= 15 is 0 Å². The van der Waals surface area contributed by atoms with Crippen molar-refractivity contribution in [3.05, 3.63) is 41.4 Å². The molecule has 0 spiro atoms. The van der Waals surface area contributed by atoms with Gasteiger partial charge in [-0.05, 0) is 11.6 Å². The summed E-state index contributed by atoms with van der Waals surface area (Å²) in [6.07, 6.45) is 5.32. The second-order valence-electron chi connectivity index (χ2n) is 2.67. The molecule has 0 fully saturated rings. The molecule has 0 amide bonds. The first-order chi connectivity index (χ1) is 6.84. The molecule has 2 aromatic rings. The minimum Gasteiger partial charge on any atom is -0.340 e. The lowest BCUT2D eigenvalue weighted by atomic mass is 10.3. The van der Waals surface area contributed by atoms with Gasteiger partial charge in [0.2, 0.25) is 0 Å². The third-order valence-electron chi connectivity index (χ3n) is 1.64. The molecule has 3 nitrogen and oxygen atoms in total. The maximum absolute atomic E-state index is 5.67. The SMILES string of the molecule is Clc1ccc(CSc2ncc[nH]2)cn1. The number of nitrogens with one attached hydrogen (secondary N) is 1. The first kappa shape index (κ1) is 9.55. The average molecular weight is 226 g/mol. The van der Waals surface area contributed by atoms with Crippen LogP contribution in [-0.2, 0) is 5.75 Å². The number of rotatable bonds is 3. The summed E-state index contributed by atoms with van der Waals surface area (Å²) in [5.41, 5.74) is 1.14. The van der Waals surface area contributed by atoms with Crippen molar-refractivity contribution in [3.8, 4) is 0 Å². The summed E-state index contributed by atoms with van der Waals surface area (Å²) < 4.78 is 0. The highest BCUT2D eigenvalue weighted by atomic mass is 35.5. The van der Waals surface area contributed by atoms with Crippen LogP contribution >= 0.6 is 23.4 Å². The minimum atomic E-state index is 0.525. The van der Waals surface area contributed by atoms with E-state index in [1.807, 2.05) is 12.3 Å². The Labute approximate surface area is 90.9 Å². The van der Waals surface area contributed by atoms with Crippen LogP contribution in [0.15, 0.2) is 35.9 Å². The lowest BCUT2D eigenvalue weighted by Crippen LogP contribution is -1.83. The fraction of sp³-hybridized carbons (Fsp3) is 0.111. The summed E-state index contributed by atoms with van der Waals surface area (Å²) in [5.74, 6) is 0.845. The second-order valence-corrected chi connectivity index (χ2v) is 4.02. The standard InChI is InChI=1S/C9H8ClN3S/c10-8-2-1-7(5-13-8)6-14-9-11-3-4-12-9/h1-5H,6H2,(H,11,12). The van der Waals surface area contributed by atoms with Gasteiger partial charge in [0.05, 0.1) is 0 Å². The van der Waals surface area contributed by atoms with E-state index in [1.54, 1.807) is 30.2 Å². The van der Waals surface area contributed by atoms with Crippen LogP contribution in [0.3, 0.4) is 0 Å². The molecular weight excluding hydrogens is 218 g/mol. The number of aromatic nitrogens is 3. The number of halogens is 1. The number of hydrogen-bond acceptors (Lipinski definition) is 3. The zero-order valence-electron chi connectivity index (χ0n) is 7.27. The Balaban J connectivity index is 1.95. The third kappa shape index (κ3) is 2.49. The van der Waals surface area contributed by atoms with E-state index in [-0.39, 0.29) is 0 Å². The lowest BCUT2D eigenvalue weighted by molar-refractivity contribution is 1.06. The van der Waals surface area contributed by atoms with Gasteiger partial charge in [-0.25, -0.2) is 9.97 Å². The van der Waals surface area contributed by atoms with Crippen molar-refractivity contribution in [2.24, 2.45) is 0 Å². The molecule has 2 aromatic heterocycles. The van der Waals surface area contributed by atoms with Crippen LogP contribution in [-0.4, -0.2) is 15.0 Å². The molecule has 5 heteroatoms. The fourth-order valence-corrected chi connectivity index (χ4v) is 1.85. The molecule has 0 aliphatic carbocycles. The number of nitrogens with zero attached hydrogens (tertiary/aromatic N) is 2. The second kappa shape index (κ2) is 4.48. The fourth-order valence-electron chi connectivity index (χ4n) is 0.973. The Bertz CT molecular complexity index is 385. The Morgan fingerprint density at radius 3 is 2.93 bits per heavy atom. The number of H-pyrrole nitrogens is 1. The lowest BCUT2D eigenvalue weighted by Gasteiger charge is -1.98. The number of hydrogen-bond donors (Lipinski definition) is 1. The summed E-state index contributed by atoms with van der Waals surface area (Å²) in [5, 5.41) is 1.44. The van der Waals surface area contributed by atoms with E-state index < -0.39 is 0 Å². The molecule has 14 heavy (non-hydrogen) atoms. The van der Waals surface area contributed by atoms with Gasteiger partial charge in [-0.15, -0.1) is 0 Å². The van der Waals surface area contributed by atoms with Crippen LogP contribution in [0.1, 0.15) is 5.56 Å². The maximum Gasteiger partial charge on any atom is 0.165 e. The van der Waals surface area contributed by atoms with Crippen molar-refractivity contribution in [2.45, 2.75) is 10.9 Å². The molecule has 0 atom stereocenters. The normalized spacial score (nSPS) is 10.4. The molecular formula is C9H8ClN3S. The van der Waals surface area contributed by atoms with Gasteiger partial charge in [0.25, 0.3) is 0 Å². The zero-order chi connectivity index (χ0) is 9.80. The average Bonchev–Trinajstić information content (AvgIpc) is 2.70. The van der Waals surface area contributed by atoms with Gasteiger partial charge in [0, 0.05) is 24.3 Å². The van der Waals surface area contributed by atoms with Gasteiger partial charge < -0.3 is 4.98 Å². The van der Waals surface area contributed by atoms with Crippen LogP contribution in [0.25, 0.3) is 0 Å². The van der Waals surface area contributed by atoms with E-state index in [0.29, 0.717) is 5.15 Å². The third-order valence-corrected chi connectivity index (χ3v) is 2.84. The summed E-state index contributed by atoms with van der Waals surface area (Å²) in [6, 6.07) is 3.75. The van der Waals surface area contributed by atoms with Crippen molar-refractivity contribution in [3.63, 3.8) is 0 Å². The van der Waals surface area contributed by atoms with Crippen LogP contribution in [0.4, 0.5) is 0 Å². The molecule has 2 rings (SSSR count). The molecule has 0 unspecified atom stereocenters. The molecule has 0 saturated carbocycles. The first-order valence-electron chi connectivity index (χ1n) is 4.07. The smallest absolute Gasteiger partial charge is 0.165 e. The molecule has 0 bridgehead atoms. The van der Waals surface area contributed by atoms with Gasteiger partial charge in [-0.3, -0.25) is 0 Å².